The Labute approximate surface area is 203 Å². The van der Waals surface area contributed by atoms with Crippen LogP contribution in [0, 0.1) is 5.92 Å². The number of aliphatic carboxylic acids is 1. The summed E-state index contributed by atoms with van der Waals surface area (Å²) in [6.45, 7) is 3.42. The molecular formula is C23H28Cl2N2O4S. The summed E-state index contributed by atoms with van der Waals surface area (Å²) >= 11 is 13.6. The van der Waals surface area contributed by atoms with Crippen LogP contribution >= 0.6 is 35.0 Å². The zero-order chi connectivity index (χ0) is 22.9. The molecule has 1 fully saturated rings. The van der Waals surface area contributed by atoms with Gasteiger partial charge in [-0.05, 0) is 36.5 Å². The third kappa shape index (κ3) is 8.45. The van der Waals surface area contributed by atoms with Crippen molar-refractivity contribution in [3.8, 4) is 0 Å². The number of nitrogens with one attached hydrogen (secondary N) is 1. The van der Waals surface area contributed by atoms with E-state index in [9.17, 15) is 9.59 Å². The molecule has 174 valence electrons. The topological polar surface area (TPSA) is 78.9 Å². The number of ether oxygens (including phenoxy) is 1. The highest BCUT2D eigenvalue weighted by Crippen LogP contribution is 2.27. The average Bonchev–Trinajstić information content (AvgIpc) is 2.78. The van der Waals surface area contributed by atoms with E-state index < -0.39 is 5.97 Å². The van der Waals surface area contributed by atoms with Gasteiger partial charge < -0.3 is 15.2 Å². The van der Waals surface area contributed by atoms with Gasteiger partial charge in [0.05, 0.1) is 28.5 Å². The number of amides is 1. The van der Waals surface area contributed by atoms with Crippen molar-refractivity contribution in [2.24, 2.45) is 5.92 Å². The number of carbonyl (C=O) groups is 2. The summed E-state index contributed by atoms with van der Waals surface area (Å²) in [5, 5.41) is 12.8. The number of carboxylic acid groups (broad SMARTS) is 1. The van der Waals surface area contributed by atoms with Gasteiger partial charge >= 0.3 is 5.97 Å². The fourth-order valence-electron chi connectivity index (χ4n) is 3.65. The number of hydrogen-bond donors (Lipinski definition) is 2. The highest BCUT2D eigenvalue weighted by molar-refractivity contribution is 8.03. The van der Waals surface area contributed by atoms with Crippen molar-refractivity contribution in [2.45, 2.75) is 31.9 Å². The molecule has 9 heteroatoms. The van der Waals surface area contributed by atoms with Gasteiger partial charge in [-0.15, -0.1) is 11.8 Å². The lowest BCUT2D eigenvalue weighted by Gasteiger charge is -2.33. The smallest absolute Gasteiger partial charge is 0.303 e. The van der Waals surface area contributed by atoms with E-state index in [1.807, 2.05) is 30.4 Å². The third-order valence-electron chi connectivity index (χ3n) is 5.39. The molecule has 1 aromatic rings. The minimum Gasteiger partial charge on any atom is -0.481 e. The third-order valence-corrected chi connectivity index (χ3v) is 7.18. The zero-order valence-corrected chi connectivity index (χ0v) is 20.1. The lowest BCUT2D eigenvalue weighted by molar-refractivity contribution is -0.137. The number of hydrogen-bond acceptors (Lipinski definition) is 5. The van der Waals surface area contributed by atoms with Gasteiger partial charge in [-0.2, -0.15) is 0 Å². The van der Waals surface area contributed by atoms with E-state index in [0.29, 0.717) is 35.4 Å². The van der Waals surface area contributed by atoms with Crippen molar-refractivity contribution < 1.29 is 19.4 Å². The predicted octanol–water partition coefficient (Wildman–Crippen LogP) is 4.37. The summed E-state index contributed by atoms with van der Waals surface area (Å²) < 4.78 is 5.81. The van der Waals surface area contributed by atoms with E-state index in [-0.39, 0.29) is 24.3 Å². The Kier molecular flexibility index (Phi) is 9.93. The van der Waals surface area contributed by atoms with Crippen LogP contribution < -0.4 is 5.32 Å². The molecule has 2 atom stereocenters. The number of nitrogens with zero attached hydrogens (tertiary/aromatic N) is 1. The molecule has 1 unspecified atom stereocenters. The molecule has 1 amide bonds. The number of morpholine rings is 1. The summed E-state index contributed by atoms with van der Waals surface area (Å²) in [6.07, 6.45) is 7.70. The lowest BCUT2D eigenvalue weighted by Crippen LogP contribution is -2.47. The van der Waals surface area contributed by atoms with E-state index in [4.69, 9.17) is 33.0 Å². The van der Waals surface area contributed by atoms with Crippen molar-refractivity contribution >= 4 is 46.8 Å². The summed E-state index contributed by atoms with van der Waals surface area (Å²) in [5.41, 5.74) is 1.10. The van der Waals surface area contributed by atoms with E-state index in [1.54, 1.807) is 0 Å². The minimum absolute atomic E-state index is 0.0255. The maximum absolute atomic E-state index is 12.3. The van der Waals surface area contributed by atoms with Crippen LogP contribution in [0.1, 0.15) is 24.8 Å². The SMILES string of the molecule is O=C(O)CCC1C=CC(SCC(=O)NC[C@H]2CN(Cc3ccc(Cl)c(Cl)c3)CCO2)=CC1. The van der Waals surface area contributed by atoms with Crippen molar-refractivity contribution in [2.75, 3.05) is 32.0 Å². The molecule has 32 heavy (non-hydrogen) atoms. The van der Waals surface area contributed by atoms with Gasteiger partial charge in [-0.1, -0.05) is 47.5 Å². The van der Waals surface area contributed by atoms with Crippen LogP contribution in [0.15, 0.2) is 41.3 Å². The van der Waals surface area contributed by atoms with Gasteiger partial charge in [0.25, 0.3) is 0 Å². The molecule has 1 aliphatic carbocycles. The maximum Gasteiger partial charge on any atom is 0.303 e. The van der Waals surface area contributed by atoms with Crippen molar-refractivity contribution in [1.29, 1.82) is 0 Å². The number of thioether (sulfide) groups is 1. The van der Waals surface area contributed by atoms with Gasteiger partial charge in [0.1, 0.15) is 0 Å². The average molecular weight is 499 g/mol. The van der Waals surface area contributed by atoms with Crippen LogP contribution in [0.2, 0.25) is 10.0 Å². The molecule has 1 aromatic carbocycles. The number of benzene rings is 1. The standard InChI is InChI=1S/C23H28Cl2N2O4S/c24-20-7-3-17(11-21(20)25)13-27-9-10-31-18(14-27)12-26-22(28)15-32-19-5-1-16(2-6-19)4-8-23(29)30/h1,3,5-7,11,16,18H,2,4,8-10,12-15H2,(H,26,28)(H,29,30)/t16?,18-/m0/s1. The summed E-state index contributed by atoms with van der Waals surface area (Å²) in [5.74, 6) is -0.184. The van der Waals surface area contributed by atoms with E-state index in [2.05, 4.69) is 16.3 Å². The quantitative estimate of drug-likeness (QED) is 0.498. The lowest BCUT2D eigenvalue weighted by atomic mass is 9.96. The van der Waals surface area contributed by atoms with Crippen LogP contribution in [-0.2, 0) is 20.9 Å². The van der Waals surface area contributed by atoms with Gasteiger partial charge in [-0.3, -0.25) is 14.5 Å². The second-order valence-corrected chi connectivity index (χ2v) is 9.83. The number of carboxylic acids is 1. The molecule has 3 rings (SSSR count). The number of rotatable bonds is 10. The van der Waals surface area contributed by atoms with Crippen LogP contribution in [0.3, 0.4) is 0 Å². The first-order valence-electron chi connectivity index (χ1n) is 10.7. The Balaban J connectivity index is 1.34. The number of halogens is 2. The molecule has 0 saturated carbocycles. The van der Waals surface area contributed by atoms with Gasteiger partial charge in [0.15, 0.2) is 0 Å². The molecule has 0 spiro atoms. The predicted molar refractivity (Wildman–Crippen MR) is 129 cm³/mol. The highest BCUT2D eigenvalue weighted by atomic mass is 35.5. The second-order valence-electron chi connectivity index (χ2n) is 7.96. The van der Waals surface area contributed by atoms with Gasteiger partial charge in [0.2, 0.25) is 5.91 Å². The van der Waals surface area contributed by atoms with Crippen LogP contribution in [0.5, 0.6) is 0 Å². The van der Waals surface area contributed by atoms with Gasteiger partial charge in [0, 0.05) is 37.5 Å². The summed E-state index contributed by atoms with van der Waals surface area (Å²) in [7, 11) is 0. The highest BCUT2D eigenvalue weighted by Gasteiger charge is 2.21. The summed E-state index contributed by atoms with van der Waals surface area (Å²) in [4.78, 5) is 26.3. The van der Waals surface area contributed by atoms with E-state index >= 15 is 0 Å². The molecular weight excluding hydrogens is 471 g/mol. The Bertz CT molecular complexity index is 878. The normalized spacial score (nSPS) is 21.2. The monoisotopic (exact) mass is 498 g/mol. The fraction of sp³-hybridized carbons (Fsp3) is 0.478. The molecule has 0 bridgehead atoms. The Morgan fingerprint density at radius 3 is 2.84 bits per heavy atom. The zero-order valence-electron chi connectivity index (χ0n) is 17.8. The van der Waals surface area contributed by atoms with Gasteiger partial charge in [-0.25, -0.2) is 0 Å². The van der Waals surface area contributed by atoms with E-state index in [1.165, 1.54) is 11.8 Å². The van der Waals surface area contributed by atoms with Crippen molar-refractivity contribution in [1.82, 2.24) is 10.2 Å². The molecule has 0 aromatic heterocycles. The molecule has 2 N–H and O–H groups in total. The maximum atomic E-state index is 12.3. The van der Waals surface area contributed by atoms with Crippen LogP contribution in [0.4, 0.5) is 0 Å². The van der Waals surface area contributed by atoms with Crippen LogP contribution in [0.25, 0.3) is 0 Å². The fourth-order valence-corrected chi connectivity index (χ4v) is 4.76. The molecule has 2 aliphatic rings. The Hall–Kier alpha value is -1.51. The first kappa shape index (κ1) is 25.1. The summed E-state index contributed by atoms with van der Waals surface area (Å²) in [6, 6.07) is 5.67. The van der Waals surface area contributed by atoms with E-state index in [0.717, 1.165) is 36.5 Å². The Morgan fingerprint density at radius 1 is 1.28 bits per heavy atom. The molecule has 1 saturated heterocycles. The molecule has 6 nitrogen and oxygen atoms in total. The first-order valence-corrected chi connectivity index (χ1v) is 12.4. The first-order chi connectivity index (χ1) is 15.4. The second kappa shape index (κ2) is 12.7. The molecule has 0 radical (unpaired) electrons. The van der Waals surface area contributed by atoms with Crippen LogP contribution in [-0.4, -0.2) is 60.0 Å². The number of allylic oxidation sites excluding steroid dienone is 3. The minimum atomic E-state index is -0.765. The largest absolute Gasteiger partial charge is 0.481 e. The molecule has 1 aliphatic heterocycles. The Morgan fingerprint density at radius 2 is 2.12 bits per heavy atom. The van der Waals surface area contributed by atoms with Crippen molar-refractivity contribution in [3.63, 3.8) is 0 Å². The van der Waals surface area contributed by atoms with Crippen molar-refractivity contribution in [3.05, 3.63) is 56.9 Å². The number of carbonyl (C=O) groups excluding carboxylic acids is 1. The molecule has 1 heterocycles.